The Morgan fingerprint density at radius 1 is 1.16 bits per heavy atom. The van der Waals surface area contributed by atoms with Crippen LogP contribution in [-0.4, -0.2) is 4.98 Å². The number of pyridine rings is 1. The van der Waals surface area contributed by atoms with Gasteiger partial charge in [-0.25, -0.2) is 10.8 Å². The topological polar surface area (TPSA) is 50.9 Å². The number of fused-ring (bicyclic) bond motifs is 1. The van der Waals surface area contributed by atoms with Gasteiger partial charge in [-0.1, -0.05) is 6.07 Å². The van der Waals surface area contributed by atoms with Crippen molar-refractivity contribution in [2.75, 3.05) is 5.43 Å². The number of nitrogen functional groups attached to an aromatic ring is 1. The summed E-state index contributed by atoms with van der Waals surface area (Å²) in [6, 6.07) is 10.5. The highest BCUT2D eigenvalue weighted by atomic mass is 32.1. The van der Waals surface area contributed by atoms with Crippen molar-refractivity contribution in [3.8, 4) is 10.4 Å². The smallest absolute Gasteiger partial charge is 0.149 e. The van der Waals surface area contributed by atoms with Crippen LogP contribution >= 0.6 is 11.3 Å². The maximum absolute atomic E-state index is 5.61. The molecule has 0 aliphatic rings. The summed E-state index contributed by atoms with van der Waals surface area (Å²) in [6.45, 7) is 4.22. The van der Waals surface area contributed by atoms with Crippen LogP contribution in [0.3, 0.4) is 0 Å². The lowest BCUT2D eigenvalue weighted by Gasteiger charge is -2.10. The van der Waals surface area contributed by atoms with Gasteiger partial charge in [0, 0.05) is 15.8 Å². The van der Waals surface area contributed by atoms with Gasteiger partial charge in [-0.3, -0.25) is 0 Å². The standard InChI is InChI=1S/C15H15N3S/c1-9-6-11-8-12(14-4-3-5-19-14)15(18-16)17-13(11)7-10(9)2/h3-8H,16H2,1-2H3,(H,17,18). The molecule has 0 bridgehead atoms. The third-order valence-corrected chi connectivity index (χ3v) is 4.26. The number of aryl methyl sites for hydroxylation is 2. The zero-order valence-corrected chi connectivity index (χ0v) is 11.7. The third-order valence-electron chi connectivity index (χ3n) is 3.35. The molecule has 96 valence electrons. The van der Waals surface area contributed by atoms with Crippen molar-refractivity contribution < 1.29 is 0 Å². The molecule has 0 unspecified atom stereocenters. The number of nitrogens with zero attached hydrogens (tertiary/aromatic N) is 1. The Bertz CT molecular complexity index is 733. The number of nitrogens with two attached hydrogens (primary N) is 1. The summed E-state index contributed by atoms with van der Waals surface area (Å²) in [5.74, 6) is 6.33. The summed E-state index contributed by atoms with van der Waals surface area (Å²) in [7, 11) is 0. The fraction of sp³-hybridized carbons (Fsp3) is 0.133. The van der Waals surface area contributed by atoms with Crippen LogP contribution in [0.25, 0.3) is 21.3 Å². The molecule has 0 radical (unpaired) electrons. The largest absolute Gasteiger partial charge is 0.308 e. The van der Waals surface area contributed by atoms with Gasteiger partial charge in [0.15, 0.2) is 0 Å². The lowest BCUT2D eigenvalue weighted by molar-refractivity contribution is 1.26. The van der Waals surface area contributed by atoms with Gasteiger partial charge in [0.1, 0.15) is 5.82 Å². The first-order valence-electron chi connectivity index (χ1n) is 6.11. The van der Waals surface area contributed by atoms with E-state index in [0.29, 0.717) is 0 Å². The molecule has 3 aromatic rings. The molecule has 2 heterocycles. The minimum Gasteiger partial charge on any atom is -0.308 e. The Morgan fingerprint density at radius 3 is 2.63 bits per heavy atom. The highest BCUT2D eigenvalue weighted by Crippen LogP contribution is 2.33. The number of hydrogen-bond acceptors (Lipinski definition) is 4. The second-order valence-corrected chi connectivity index (χ2v) is 5.58. The van der Waals surface area contributed by atoms with Crippen molar-refractivity contribution in [2.45, 2.75) is 13.8 Å². The molecule has 3 nitrogen and oxygen atoms in total. The van der Waals surface area contributed by atoms with E-state index in [1.165, 1.54) is 16.0 Å². The minimum atomic E-state index is 0.721. The van der Waals surface area contributed by atoms with Gasteiger partial charge in [0.25, 0.3) is 0 Å². The van der Waals surface area contributed by atoms with Gasteiger partial charge in [-0.2, -0.15) is 0 Å². The van der Waals surface area contributed by atoms with Gasteiger partial charge in [-0.15, -0.1) is 11.3 Å². The highest BCUT2D eigenvalue weighted by Gasteiger charge is 2.10. The molecule has 0 spiro atoms. The number of hydrazine groups is 1. The summed E-state index contributed by atoms with van der Waals surface area (Å²) in [5.41, 5.74) is 7.24. The fourth-order valence-electron chi connectivity index (χ4n) is 2.17. The summed E-state index contributed by atoms with van der Waals surface area (Å²) in [6.07, 6.45) is 0. The molecule has 4 heteroatoms. The van der Waals surface area contributed by atoms with Crippen LogP contribution in [0.4, 0.5) is 5.82 Å². The predicted molar refractivity (Wildman–Crippen MR) is 82.3 cm³/mol. The van der Waals surface area contributed by atoms with Crippen molar-refractivity contribution in [1.29, 1.82) is 0 Å². The quantitative estimate of drug-likeness (QED) is 0.548. The van der Waals surface area contributed by atoms with E-state index in [-0.39, 0.29) is 0 Å². The molecule has 0 saturated heterocycles. The summed E-state index contributed by atoms with van der Waals surface area (Å²) >= 11 is 1.69. The molecule has 0 amide bonds. The number of nitrogens with one attached hydrogen (secondary N) is 1. The number of rotatable bonds is 2. The Labute approximate surface area is 116 Å². The van der Waals surface area contributed by atoms with Gasteiger partial charge in [0.2, 0.25) is 0 Å². The van der Waals surface area contributed by atoms with E-state index >= 15 is 0 Å². The van der Waals surface area contributed by atoms with E-state index in [1.807, 2.05) is 6.07 Å². The number of aromatic nitrogens is 1. The maximum Gasteiger partial charge on any atom is 0.149 e. The van der Waals surface area contributed by atoms with Crippen LogP contribution in [0.1, 0.15) is 11.1 Å². The zero-order valence-electron chi connectivity index (χ0n) is 10.9. The molecule has 0 aliphatic carbocycles. The first-order valence-corrected chi connectivity index (χ1v) is 6.99. The molecule has 3 N–H and O–H groups in total. The monoisotopic (exact) mass is 269 g/mol. The van der Waals surface area contributed by atoms with Crippen molar-refractivity contribution in [3.05, 3.63) is 46.8 Å². The van der Waals surface area contributed by atoms with E-state index in [9.17, 15) is 0 Å². The molecule has 0 fully saturated rings. The van der Waals surface area contributed by atoms with Crippen molar-refractivity contribution >= 4 is 28.1 Å². The number of thiophene rings is 1. The molecule has 0 atom stereocenters. The summed E-state index contributed by atoms with van der Waals surface area (Å²) in [5, 5.41) is 3.20. The lowest BCUT2D eigenvalue weighted by Crippen LogP contribution is -2.09. The van der Waals surface area contributed by atoms with Crippen LogP contribution in [0, 0.1) is 13.8 Å². The number of anilines is 1. The van der Waals surface area contributed by atoms with Gasteiger partial charge in [-0.05, 0) is 54.6 Å². The molecule has 0 aliphatic heterocycles. The number of hydrogen-bond donors (Lipinski definition) is 2. The van der Waals surface area contributed by atoms with E-state index in [2.05, 4.69) is 53.9 Å². The number of benzene rings is 1. The SMILES string of the molecule is Cc1cc2cc(-c3cccs3)c(NN)nc2cc1C. The second kappa shape index (κ2) is 4.64. The van der Waals surface area contributed by atoms with Crippen LogP contribution in [0.5, 0.6) is 0 Å². The van der Waals surface area contributed by atoms with E-state index in [0.717, 1.165) is 22.3 Å². The Balaban J connectivity index is 2.30. The lowest BCUT2D eigenvalue weighted by atomic mass is 10.0. The summed E-state index contributed by atoms with van der Waals surface area (Å²) in [4.78, 5) is 5.79. The van der Waals surface area contributed by atoms with Crippen molar-refractivity contribution in [3.63, 3.8) is 0 Å². The molecule has 2 aromatic heterocycles. The summed E-state index contributed by atoms with van der Waals surface area (Å²) < 4.78 is 0. The van der Waals surface area contributed by atoms with Crippen LogP contribution < -0.4 is 11.3 Å². The Kier molecular flexibility index (Phi) is 2.97. The maximum atomic E-state index is 5.61. The molecule has 19 heavy (non-hydrogen) atoms. The van der Waals surface area contributed by atoms with Gasteiger partial charge < -0.3 is 5.43 Å². The fourth-order valence-corrected chi connectivity index (χ4v) is 2.91. The van der Waals surface area contributed by atoms with Crippen LogP contribution in [0.2, 0.25) is 0 Å². The first-order chi connectivity index (χ1) is 9.19. The molecule has 3 rings (SSSR count). The average Bonchev–Trinajstić information content (AvgIpc) is 2.92. The van der Waals surface area contributed by atoms with Crippen LogP contribution in [0.15, 0.2) is 35.7 Å². The molecule has 0 saturated carbocycles. The second-order valence-electron chi connectivity index (χ2n) is 4.64. The van der Waals surface area contributed by atoms with Gasteiger partial charge >= 0.3 is 0 Å². The highest BCUT2D eigenvalue weighted by molar-refractivity contribution is 7.13. The van der Waals surface area contributed by atoms with E-state index < -0.39 is 0 Å². The Hall–Kier alpha value is -1.91. The van der Waals surface area contributed by atoms with Crippen molar-refractivity contribution in [2.24, 2.45) is 5.84 Å². The van der Waals surface area contributed by atoms with Gasteiger partial charge in [0.05, 0.1) is 5.52 Å². The van der Waals surface area contributed by atoms with E-state index in [4.69, 9.17) is 5.84 Å². The average molecular weight is 269 g/mol. The minimum absolute atomic E-state index is 0.721. The molecular formula is C15H15N3S. The van der Waals surface area contributed by atoms with Crippen LogP contribution in [-0.2, 0) is 0 Å². The zero-order chi connectivity index (χ0) is 13.4. The molecule has 1 aromatic carbocycles. The Morgan fingerprint density at radius 2 is 1.95 bits per heavy atom. The molecular weight excluding hydrogens is 254 g/mol. The normalized spacial score (nSPS) is 10.9. The predicted octanol–water partition coefficient (Wildman–Crippen LogP) is 3.87. The third kappa shape index (κ3) is 2.09. The first kappa shape index (κ1) is 12.1. The van der Waals surface area contributed by atoms with Crippen molar-refractivity contribution in [1.82, 2.24) is 4.98 Å². The van der Waals surface area contributed by atoms with E-state index in [1.54, 1.807) is 11.3 Å².